The van der Waals surface area contributed by atoms with Crippen LogP contribution in [0.25, 0.3) is 0 Å². The average molecular weight is 512 g/mol. The van der Waals surface area contributed by atoms with E-state index >= 15 is 0 Å². The minimum Gasteiger partial charge on any atom is -0.433 e. The molecule has 1 amide bonds. The number of halogens is 10. The minimum absolute atomic E-state index is 0.197. The van der Waals surface area contributed by atoms with E-state index in [0.717, 1.165) is 18.2 Å². The van der Waals surface area contributed by atoms with E-state index in [4.69, 9.17) is 11.6 Å². The van der Waals surface area contributed by atoms with Gasteiger partial charge in [-0.25, -0.2) is 4.39 Å². The van der Waals surface area contributed by atoms with Crippen molar-refractivity contribution in [3.05, 3.63) is 56.7 Å². The fourth-order valence-electron chi connectivity index (χ4n) is 2.41. The lowest BCUT2D eigenvalue weighted by Crippen LogP contribution is -2.50. The first-order valence-corrected chi connectivity index (χ1v) is 8.40. The summed E-state index contributed by atoms with van der Waals surface area (Å²) >= 11 is 5.57. The van der Waals surface area contributed by atoms with Crippen molar-refractivity contribution in [2.75, 3.05) is 5.32 Å². The number of hydrogen-bond acceptors (Lipinski definition) is 5. The van der Waals surface area contributed by atoms with Crippen molar-refractivity contribution in [1.82, 2.24) is 4.98 Å². The molecule has 0 bridgehead atoms. The Labute approximate surface area is 181 Å². The summed E-state index contributed by atoms with van der Waals surface area (Å²) in [6, 6.07) is 2.20. The molecular weight excluding hydrogens is 505 g/mol. The predicted octanol–water partition coefficient (Wildman–Crippen LogP) is 5.79. The second-order valence-electron chi connectivity index (χ2n) is 5.96. The van der Waals surface area contributed by atoms with Crippen molar-refractivity contribution in [1.29, 1.82) is 0 Å². The van der Waals surface area contributed by atoms with Crippen LogP contribution in [0.4, 0.5) is 51.0 Å². The largest absolute Gasteiger partial charge is 0.435 e. The molecule has 2 aromatic rings. The van der Waals surface area contributed by atoms with Crippen LogP contribution in [0.1, 0.15) is 16.1 Å². The third-order valence-electron chi connectivity index (χ3n) is 3.84. The van der Waals surface area contributed by atoms with Gasteiger partial charge in [-0.2, -0.15) is 35.1 Å². The molecule has 0 spiro atoms. The topological polar surface area (TPSA) is 94.4 Å². The number of hydrogen-bond donors (Lipinski definition) is 1. The zero-order chi connectivity index (χ0) is 25.4. The zero-order valence-electron chi connectivity index (χ0n) is 15.3. The van der Waals surface area contributed by atoms with Gasteiger partial charge in [-0.3, -0.25) is 4.79 Å². The SMILES string of the molecule is O=C(Nc1c(Cl)cc(C(F)(C(F)(F)F)C(F)(F)F)cc1OC(F)F)c1cccc([N+](=O)[O-])n1. The Kier molecular flexibility index (Phi) is 7.01. The molecule has 7 nitrogen and oxygen atoms in total. The molecule has 0 saturated heterocycles. The van der Waals surface area contributed by atoms with Crippen LogP contribution in [0.15, 0.2) is 30.3 Å². The first-order valence-electron chi connectivity index (χ1n) is 8.03. The Morgan fingerprint density at radius 2 is 1.67 bits per heavy atom. The number of carbonyl (C=O) groups excluding carboxylic acids is 1. The second kappa shape index (κ2) is 8.92. The Morgan fingerprint density at radius 1 is 1.09 bits per heavy atom. The minimum atomic E-state index is -6.59. The van der Waals surface area contributed by atoms with E-state index in [2.05, 4.69) is 9.72 Å². The van der Waals surface area contributed by atoms with Crippen LogP contribution < -0.4 is 10.1 Å². The third-order valence-corrected chi connectivity index (χ3v) is 4.14. The summed E-state index contributed by atoms with van der Waals surface area (Å²) < 4.78 is 122. The molecule has 0 unspecified atom stereocenters. The lowest BCUT2D eigenvalue weighted by atomic mass is 9.93. The van der Waals surface area contributed by atoms with Crippen molar-refractivity contribution >= 4 is 29.0 Å². The first-order chi connectivity index (χ1) is 15.0. The van der Waals surface area contributed by atoms with Crippen molar-refractivity contribution in [2.24, 2.45) is 0 Å². The molecule has 0 saturated carbocycles. The lowest BCUT2D eigenvalue weighted by molar-refractivity contribution is -0.389. The lowest BCUT2D eigenvalue weighted by Gasteiger charge is -2.31. The van der Waals surface area contributed by atoms with Crippen molar-refractivity contribution in [3.63, 3.8) is 0 Å². The maximum absolute atomic E-state index is 14.3. The Hall–Kier alpha value is -3.30. The number of benzene rings is 1. The number of pyridine rings is 1. The maximum Gasteiger partial charge on any atom is 0.435 e. The summed E-state index contributed by atoms with van der Waals surface area (Å²) in [6.45, 7) is -3.85. The number of nitrogens with zero attached hydrogens (tertiary/aromatic N) is 2. The number of ether oxygens (including phenoxy) is 1. The van der Waals surface area contributed by atoms with Crippen LogP contribution in [-0.2, 0) is 5.67 Å². The first kappa shape index (κ1) is 26.0. The summed E-state index contributed by atoms with van der Waals surface area (Å²) in [5.41, 5.74) is -10.1. The van der Waals surface area contributed by atoms with E-state index in [9.17, 15) is 54.4 Å². The van der Waals surface area contributed by atoms with Gasteiger partial charge < -0.3 is 20.2 Å². The molecule has 1 N–H and O–H groups in total. The highest BCUT2D eigenvalue weighted by atomic mass is 35.5. The molecule has 180 valence electrons. The fraction of sp³-hybridized carbons (Fsp3) is 0.250. The van der Waals surface area contributed by atoms with Crippen LogP contribution >= 0.6 is 11.6 Å². The molecule has 0 aliphatic rings. The van der Waals surface area contributed by atoms with Gasteiger partial charge in [-0.1, -0.05) is 11.6 Å². The molecule has 1 heterocycles. The number of nitrogens with one attached hydrogen (secondary N) is 1. The van der Waals surface area contributed by atoms with Gasteiger partial charge in [0.2, 0.25) is 5.69 Å². The molecule has 33 heavy (non-hydrogen) atoms. The van der Waals surface area contributed by atoms with E-state index in [0.29, 0.717) is 0 Å². The highest BCUT2D eigenvalue weighted by molar-refractivity contribution is 6.34. The molecule has 0 radical (unpaired) electrons. The van der Waals surface area contributed by atoms with E-state index in [1.165, 1.54) is 0 Å². The Bertz CT molecular complexity index is 1060. The number of aromatic nitrogens is 1. The van der Waals surface area contributed by atoms with Crippen LogP contribution in [-0.4, -0.2) is 34.8 Å². The van der Waals surface area contributed by atoms with Gasteiger partial charge in [0.25, 0.3) is 5.91 Å². The predicted molar refractivity (Wildman–Crippen MR) is 91.8 cm³/mol. The van der Waals surface area contributed by atoms with Gasteiger partial charge in [0, 0.05) is 11.6 Å². The van der Waals surface area contributed by atoms with Gasteiger partial charge in [0.15, 0.2) is 5.75 Å². The molecule has 1 aromatic heterocycles. The zero-order valence-corrected chi connectivity index (χ0v) is 16.0. The van der Waals surface area contributed by atoms with Gasteiger partial charge in [-0.05, 0) is 34.2 Å². The van der Waals surface area contributed by atoms with Crippen molar-refractivity contribution < 1.29 is 54.0 Å². The van der Waals surface area contributed by atoms with E-state index in [-0.39, 0.29) is 12.1 Å². The Balaban J connectivity index is 2.62. The molecule has 1 aromatic carbocycles. The molecule has 17 heteroatoms. The summed E-state index contributed by atoms with van der Waals surface area (Å²) in [5, 5.41) is 11.2. The highest BCUT2D eigenvalue weighted by Gasteiger charge is 2.73. The molecule has 0 fully saturated rings. The summed E-state index contributed by atoms with van der Waals surface area (Å²) in [6.07, 6.45) is -13.2. The van der Waals surface area contributed by atoms with Crippen molar-refractivity contribution in [3.8, 4) is 5.75 Å². The number of amides is 1. The van der Waals surface area contributed by atoms with Crippen LogP contribution in [0.2, 0.25) is 5.02 Å². The quantitative estimate of drug-likeness (QED) is 0.301. The van der Waals surface area contributed by atoms with Gasteiger partial charge in [0.05, 0.1) is 5.02 Å². The highest BCUT2D eigenvalue weighted by Crippen LogP contribution is 2.55. The molecule has 0 aliphatic carbocycles. The molecule has 0 atom stereocenters. The summed E-state index contributed by atoms with van der Waals surface area (Å²) in [7, 11) is 0. The number of carbonyl (C=O) groups is 1. The number of alkyl halides is 9. The fourth-order valence-corrected chi connectivity index (χ4v) is 2.67. The molecule has 2 rings (SSSR count). The Morgan fingerprint density at radius 3 is 2.15 bits per heavy atom. The van der Waals surface area contributed by atoms with Crippen LogP contribution in [0.3, 0.4) is 0 Å². The van der Waals surface area contributed by atoms with Gasteiger partial charge >= 0.3 is 30.5 Å². The van der Waals surface area contributed by atoms with Crippen molar-refractivity contribution in [2.45, 2.75) is 24.6 Å². The molecular formula is C16H7ClF9N3O4. The average Bonchev–Trinajstić information content (AvgIpc) is 2.67. The number of rotatable bonds is 6. The monoisotopic (exact) mass is 511 g/mol. The third kappa shape index (κ3) is 5.20. The smallest absolute Gasteiger partial charge is 0.433 e. The van der Waals surface area contributed by atoms with E-state index in [1.54, 1.807) is 5.32 Å². The normalized spacial score (nSPS) is 12.6. The van der Waals surface area contributed by atoms with E-state index in [1.807, 2.05) is 0 Å². The number of nitro groups is 1. The second-order valence-corrected chi connectivity index (χ2v) is 6.36. The standard InChI is InChI=1S/C16H7ClF9N3O4/c17-7-4-6(14(20,15(21,22)23)16(24,25)26)5-9(33-13(18)19)11(7)28-12(30)8-2-1-3-10(27-8)29(31)32/h1-5,13H,(H,28,30). The summed E-state index contributed by atoms with van der Waals surface area (Å²) in [5.74, 6) is -3.78. The van der Waals surface area contributed by atoms with Crippen LogP contribution in [0.5, 0.6) is 5.75 Å². The van der Waals surface area contributed by atoms with Gasteiger partial charge in [-0.15, -0.1) is 0 Å². The van der Waals surface area contributed by atoms with E-state index < -0.39 is 69.0 Å². The molecule has 0 aliphatic heterocycles. The van der Waals surface area contributed by atoms with Gasteiger partial charge in [0.1, 0.15) is 5.69 Å². The number of anilines is 1. The van der Waals surface area contributed by atoms with Crippen LogP contribution in [0, 0.1) is 10.1 Å². The summed E-state index contributed by atoms with van der Waals surface area (Å²) in [4.78, 5) is 25.3. The maximum atomic E-state index is 14.3.